The smallest absolute Gasteiger partial charge is 0.423 e. The van der Waals surface area contributed by atoms with Gasteiger partial charge in [0.05, 0.1) is 11.6 Å². The Kier molecular flexibility index (Phi) is 2.20. The van der Waals surface area contributed by atoms with Crippen molar-refractivity contribution in [1.29, 1.82) is 0 Å². The minimum atomic E-state index is -0.905. The van der Waals surface area contributed by atoms with Gasteiger partial charge >= 0.3 is 7.12 Å². The summed E-state index contributed by atoms with van der Waals surface area (Å²) in [6.07, 6.45) is 1.23. The fourth-order valence-electron chi connectivity index (χ4n) is 1.71. The molecule has 7 heteroatoms. The number of benzene rings is 1. The van der Waals surface area contributed by atoms with Crippen LogP contribution in [0.15, 0.2) is 23.0 Å². The van der Waals surface area contributed by atoms with Crippen LogP contribution in [0.3, 0.4) is 0 Å². The quantitative estimate of drug-likeness (QED) is 0.735. The van der Waals surface area contributed by atoms with E-state index in [9.17, 15) is 5.02 Å². The Labute approximate surface area is 96.1 Å². The Bertz CT molecular complexity index is 532. The Hall–Kier alpha value is -1.37. The van der Waals surface area contributed by atoms with Crippen LogP contribution in [0, 0.1) is 0 Å². The molecule has 0 saturated carbocycles. The van der Waals surface area contributed by atoms with Gasteiger partial charge in [-0.1, -0.05) is 16.8 Å². The maximum absolute atomic E-state index is 9.56. The third-order valence-corrected chi connectivity index (χ3v) is 2.81. The summed E-state index contributed by atoms with van der Waals surface area (Å²) in [6, 6.07) is 3.47. The first-order chi connectivity index (χ1) is 7.75. The molecule has 0 fully saturated rings. The highest BCUT2D eigenvalue weighted by Crippen LogP contribution is 2.27. The topological polar surface area (TPSA) is 68.4 Å². The maximum atomic E-state index is 9.56. The van der Waals surface area contributed by atoms with Gasteiger partial charge in [-0.3, -0.25) is 0 Å². The van der Waals surface area contributed by atoms with Crippen molar-refractivity contribution in [3.05, 3.63) is 29.1 Å². The molecule has 0 spiro atoms. The van der Waals surface area contributed by atoms with Gasteiger partial charge in [0.15, 0.2) is 0 Å². The van der Waals surface area contributed by atoms with E-state index in [4.69, 9.17) is 16.3 Å². The molecule has 0 aliphatic carbocycles. The zero-order valence-electron chi connectivity index (χ0n) is 8.05. The van der Waals surface area contributed by atoms with Gasteiger partial charge in [0.25, 0.3) is 0 Å². The highest BCUT2D eigenvalue weighted by Gasteiger charge is 2.29. The first-order valence-electron chi connectivity index (χ1n) is 4.64. The molecule has 0 atom stereocenters. The third kappa shape index (κ3) is 1.43. The van der Waals surface area contributed by atoms with E-state index in [1.807, 2.05) is 0 Å². The van der Waals surface area contributed by atoms with E-state index in [1.165, 1.54) is 6.39 Å². The molecule has 0 bridgehead atoms. The number of nitrogens with zero attached hydrogens (tertiary/aromatic N) is 2. The molecule has 1 N–H and O–H groups in total. The van der Waals surface area contributed by atoms with Gasteiger partial charge in [-0.15, -0.1) is 0 Å². The van der Waals surface area contributed by atoms with Crippen LogP contribution in [0.4, 0.5) is 0 Å². The average Bonchev–Trinajstić information content (AvgIpc) is 2.88. The predicted octanol–water partition coefficient (Wildman–Crippen LogP) is 0.608. The number of fused-ring (bicyclic) bond motifs is 1. The van der Waals surface area contributed by atoms with Crippen molar-refractivity contribution in [2.75, 3.05) is 0 Å². The molecule has 16 heavy (non-hydrogen) atoms. The molecule has 5 nitrogen and oxygen atoms in total. The van der Waals surface area contributed by atoms with Gasteiger partial charge in [-0.25, -0.2) is 0 Å². The van der Waals surface area contributed by atoms with Gasteiger partial charge in [-0.05, 0) is 23.2 Å². The molecular weight excluding hydrogens is 230 g/mol. The summed E-state index contributed by atoms with van der Waals surface area (Å²) < 4.78 is 9.74. The van der Waals surface area contributed by atoms with Gasteiger partial charge in [-0.2, -0.15) is 4.98 Å². The average molecular weight is 236 g/mol. The van der Waals surface area contributed by atoms with Gasteiger partial charge in [0.1, 0.15) is 0 Å². The van der Waals surface area contributed by atoms with Crippen LogP contribution in [0.2, 0.25) is 5.02 Å². The first kappa shape index (κ1) is 9.83. The Morgan fingerprint density at radius 1 is 1.44 bits per heavy atom. The first-order valence-corrected chi connectivity index (χ1v) is 5.02. The Morgan fingerprint density at radius 2 is 2.31 bits per heavy atom. The number of halogens is 1. The fourth-order valence-corrected chi connectivity index (χ4v) is 1.98. The summed E-state index contributed by atoms with van der Waals surface area (Å²) >= 11 is 6.09. The van der Waals surface area contributed by atoms with Gasteiger partial charge < -0.3 is 14.2 Å². The van der Waals surface area contributed by atoms with Crippen molar-refractivity contribution < 1.29 is 14.2 Å². The number of rotatable bonds is 1. The molecule has 1 aliphatic heterocycles. The molecule has 2 heterocycles. The van der Waals surface area contributed by atoms with E-state index in [0.29, 0.717) is 28.5 Å². The Morgan fingerprint density at radius 3 is 3.06 bits per heavy atom. The van der Waals surface area contributed by atoms with Crippen LogP contribution < -0.4 is 5.46 Å². The second-order valence-corrected chi connectivity index (χ2v) is 3.86. The third-order valence-electron chi connectivity index (χ3n) is 2.49. The lowest BCUT2D eigenvalue weighted by atomic mass is 9.78. The second-order valence-electron chi connectivity index (χ2n) is 3.45. The molecule has 0 radical (unpaired) electrons. The zero-order valence-corrected chi connectivity index (χ0v) is 8.81. The minimum absolute atomic E-state index is 0.364. The largest absolute Gasteiger partial charge is 0.491 e. The van der Waals surface area contributed by atoms with Crippen LogP contribution in [0.1, 0.15) is 5.56 Å². The van der Waals surface area contributed by atoms with E-state index in [-0.39, 0.29) is 0 Å². The highest BCUT2D eigenvalue weighted by molar-refractivity contribution is 6.61. The number of hydrogen-bond donors (Lipinski definition) is 1. The molecule has 0 amide bonds. The standard InChI is InChI=1S/C9H6BClN2O3/c11-8-1-5-3-15-10(14)7(5)2-6(8)9-12-4-16-13-9/h1-2,4,14H,3H2. The zero-order chi connectivity index (χ0) is 11.1. The van der Waals surface area contributed by atoms with Crippen LogP contribution >= 0.6 is 11.6 Å². The molecule has 2 aromatic rings. The SMILES string of the molecule is OB1OCc2cc(Cl)c(-c3ncon3)cc21. The monoisotopic (exact) mass is 236 g/mol. The van der Waals surface area contributed by atoms with Crippen LogP contribution in [-0.2, 0) is 11.3 Å². The van der Waals surface area contributed by atoms with E-state index in [1.54, 1.807) is 12.1 Å². The minimum Gasteiger partial charge on any atom is -0.423 e. The predicted molar refractivity (Wildman–Crippen MR) is 57.1 cm³/mol. The summed E-state index contributed by atoms with van der Waals surface area (Å²) in [5.74, 6) is 0.395. The van der Waals surface area contributed by atoms with Gasteiger partial charge in [0.2, 0.25) is 12.2 Å². The molecule has 1 aliphatic rings. The van der Waals surface area contributed by atoms with Crippen LogP contribution in [-0.4, -0.2) is 22.3 Å². The fraction of sp³-hybridized carbons (Fsp3) is 0.111. The maximum Gasteiger partial charge on any atom is 0.491 e. The molecular formula is C9H6BClN2O3. The van der Waals surface area contributed by atoms with E-state index in [0.717, 1.165) is 5.56 Å². The van der Waals surface area contributed by atoms with Crippen molar-refractivity contribution in [2.24, 2.45) is 0 Å². The molecule has 80 valence electrons. The van der Waals surface area contributed by atoms with Gasteiger partial charge in [0, 0.05) is 5.56 Å². The summed E-state index contributed by atoms with van der Waals surface area (Å²) in [5, 5.41) is 13.8. The number of hydrogen-bond acceptors (Lipinski definition) is 5. The van der Waals surface area contributed by atoms with Crippen molar-refractivity contribution in [3.63, 3.8) is 0 Å². The molecule has 1 aromatic carbocycles. The van der Waals surface area contributed by atoms with E-state index >= 15 is 0 Å². The van der Waals surface area contributed by atoms with E-state index < -0.39 is 7.12 Å². The summed E-state index contributed by atoms with van der Waals surface area (Å²) in [4.78, 5) is 3.91. The summed E-state index contributed by atoms with van der Waals surface area (Å²) in [7, 11) is -0.905. The molecule has 1 aromatic heterocycles. The van der Waals surface area contributed by atoms with Crippen molar-refractivity contribution in [1.82, 2.24) is 10.1 Å². The molecule has 0 saturated heterocycles. The summed E-state index contributed by atoms with van der Waals surface area (Å²) in [5.41, 5.74) is 2.20. The Balaban J connectivity index is 2.17. The second kappa shape index (κ2) is 3.59. The lowest BCUT2D eigenvalue weighted by Gasteiger charge is -2.03. The van der Waals surface area contributed by atoms with Crippen LogP contribution in [0.25, 0.3) is 11.4 Å². The lowest BCUT2D eigenvalue weighted by molar-refractivity contribution is 0.275. The highest BCUT2D eigenvalue weighted by atomic mass is 35.5. The van der Waals surface area contributed by atoms with Crippen molar-refractivity contribution in [3.8, 4) is 11.4 Å². The molecule has 0 unspecified atom stereocenters. The van der Waals surface area contributed by atoms with Crippen molar-refractivity contribution >= 4 is 24.2 Å². The normalized spacial score (nSPS) is 14.2. The van der Waals surface area contributed by atoms with Crippen LogP contribution in [0.5, 0.6) is 0 Å². The molecule has 3 rings (SSSR count). The van der Waals surface area contributed by atoms with Crippen molar-refractivity contribution in [2.45, 2.75) is 6.61 Å². The number of aromatic nitrogens is 2. The van der Waals surface area contributed by atoms with E-state index in [2.05, 4.69) is 14.7 Å². The lowest BCUT2D eigenvalue weighted by Crippen LogP contribution is -2.28. The summed E-state index contributed by atoms with van der Waals surface area (Å²) in [6.45, 7) is 0.364.